The van der Waals surface area contributed by atoms with Gasteiger partial charge in [0.15, 0.2) is 5.79 Å². The second-order valence-corrected chi connectivity index (χ2v) is 9.77. The molecular weight excluding hydrogens is 340 g/mol. The molecule has 6 atom stereocenters. The Labute approximate surface area is 162 Å². The maximum absolute atomic E-state index is 11.4. The predicted molar refractivity (Wildman–Crippen MR) is 102 cm³/mol. The average molecular weight is 373 g/mol. The van der Waals surface area contributed by atoms with Crippen LogP contribution < -0.4 is 0 Å². The average Bonchev–Trinajstić information content (AvgIpc) is 3.21. The number of ether oxygens (including phenoxy) is 3. The fraction of sp³-hybridized carbons (Fsp3) is 0.783. The van der Waals surface area contributed by atoms with Crippen LogP contribution in [-0.4, -0.2) is 31.1 Å². The summed E-state index contributed by atoms with van der Waals surface area (Å²) in [5.74, 6) is 1.56. The number of rotatable bonds is 1. The van der Waals surface area contributed by atoms with E-state index in [0.717, 1.165) is 32.0 Å². The molecule has 0 radical (unpaired) electrons. The molecule has 1 spiro atoms. The van der Waals surface area contributed by atoms with Crippen LogP contribution in [0.2, 0.25) is 0 Å². The van der Waals surface area contributed by atoms with Crippen molar-refractivity contribution in [1.29, 1.82) is 0 Å². The Morgan fingerprint density at radius 1 is 1.11 bits per heavy atom. The van der Waals surface area contributed by atoms with Crippen molar-refractivity contribution < 1.29 is 19.0 Å². The summed E-state index contributed by atoms with van der Waals surface area (Å²) in [6, 6.07) is 0. The highest BCUT2D eigenvalue weighted by atomic mass is 16.7. The third kappa shape index (κ3) is 2.38. The van der Waals surface area contributed by atoms with Crippen molar-refractivity contribution in [3.05, 3.63) is 23.8 Å². The van der Waals surface area contributed by atoms with Crippen LogP contribution >= 0.6 is 0 Å². The number of fused-ring (bicyclic) bond motifs is 6. The Morgan fingerprint density at radius 2 is 1.85 bits per heavy atom. The molecule has 0 amide bonds. The van der Waals surface area contributed by atoms with E-state index in [9.17, 15) is 4.79 Å². The second-order valence-electron chi connectivity index (χ2n) is 9.77. The van der Waals surface area contributed by atoms with Crippen LogP contribution in [0.4, 0.5) is 0 Å². The smallest absolute Gasteiger partial charge is 0.303 e. The molecule has 1 heterocycles. The normalized spacial score (nSPS) is 47.1. The zero-order valence-corrected chi connectivity index (χ0v) is 16.8. The van der Waals surface area contributed by atoms with Crippen LogP contribution in [0.1, 0.15) is 59.3 Å². The summed E-state index contributed by atoms with van der Waals surface area (Å²) in [7, 11) is 0. The standard InChI is InChI=1S/C23H32O4/c1-15(24)27-17-6-9-21(2)16(14-17)4-5-18-19(21)7-10-22(3)20(18)8-11-23(22)25-12-13-26-23/h6,9,14,17-20H,4-5,7-8,10-13H2,1-3H3/t17?,18?,19?,20?,21-,22-/m0/s1. The molecular formula is C23H32O4. The fourth-order valence-corrected chi connectivity index (χ4v) is 7.46. The van der Waals surface area contributed by atoms with E-state index in [2.05, 4.69) is 32.1 Å². The third-order valence-electron chi connectivity index (χ3n) is 8.74. The van der Waals surface area contributed by atoms with Gasteiger partial charge >= 0.3 is 5.97 Å². The molecule has 0 bridgehead atoms. The number of hydrogen-bond acceptors (Lipinski definition) is 4. The van der Waals surface area contributed by atoms with Gasteiger partial charge in [0.25, 0.3) is 0 Å². The Morgan fingerprint density at radius 3 is 2.59 bits per heavy atom. The molecule has 1 aliphatic heterocycles. The lowest BCUT2D eigenvalue weighted by Gasteiger charge is -2.58. The van der Waals surface area contributed by atoms with Crippen molar-refractivity contribution >= 4 is 5.97 Å². The monoisotopic (exact) mass is 372 g/mol. The van der Waals surface area contributed by atoms with E-state index in [-0.39, 0.29) is 28.7 Å². The Kier molecular flexibility index (Phi) is 3.94. The molecule has 148 valence electrons. The molecule has 4 unspecified atom stereocenters. The lowest BCUT2D eigenvalue weighted by Crippen LogP contribution is -2.54. The summed E-state index contributed by atoms with van der Waals surface area (Å²) in [5, 5.41) is 0. The molecule has 1 saturated heterocycles. The lowest BCUT2D eigenvalue weighted by molar-refractivity contribution is -0.241. The number of esters is 1. The van der Waals surface area contributed by atoms with Crippen LogP contribution in [-0.2, 0) is 19.0 Å². The topological polar surface area (TPSA) is 44.8 Å². The van der Waals surface area contributed by atoms with Crippen molar-refractivity contribution in [2.75, 3.05) is 13.2 Å². The predicted octanol–water partition coefficient (Wildman–Crippen LogP) is 4.40. The minimum absolute atomic E-state index is 0.105. The number of hydrogen-bond donors (Lipinski definition) is 0. The first-order chi connectivity index (χ1) is 12.9. The van der Waals surface area contributed by atoms with E-state index in [4.69, 9.17) is 14.2 Å². The zero-order chi connectivity index (χ0) is 18.9. The van der Waals surface area contributed by atoms with E-state index in [1.165, 1.54) is 38.2 Å². The van der Waals surface area contributed by atoms with Gasteiger partial charge in [-0.15, -0.1) is 0 Å². The molecule has 0 N–H and O–H groups in total. The second kappa shape index (κ2) is 5.93. The molecule has 4 fully saturated rings. The number of carbonyl (C=O) groups excluding carboxylic acids is 1. The summed E-state index contributed by atoms with van der Waals surface area (Å²) in [4.78, 5) is 11.4. The lowest BCUT2D eigenvalue weighted by atomic mass is 9.48. The summed E-state index contributed by atoms with van der Waals surface area (Å²) >= 11 is 0. The minimum Gasteiger partial charge on any atom is -0.454 e. The molecule has 0 aromatic carbocycles. The molecule has 3 saturated carbocycles. The quantitative estimate of drug-likeness (QED) is 0.505. The van der Waals surface area contributed by atoms with Gasteiger partial charge in [0.2, 0.25) is 0 Å². The minimum atomic E-state index is -0.317. The van der Waals surface area contributed by atoms with Gasteiger partial charge in [-0.05, 0) is 62.0 Å². The molecule has 4 aliphatic carbocycles. The Hall–Kier alpha value is -1.13. The van der Waals surface area contributed by atoms with Gasteiger partial charge in [-0.1, -0.05) is 25.5 Å². The summed E-state index contributed by atoms with van der Waals surface area (Å²) < 4.78 is 17.9. The summed E-state index contributed by atoms with van der Waals surface area (Å²) in [6.07, 6.45) is 13.5. The van der Waals surface area contributed by atoms with Crippen molar-refractivity contribution in [2.24, 2.45) is 28.6 Å². The van der Waals surface area contributed by atoms with Crippen molar-refractivity contribution in [3.8, 4) is 0 Å². The first-order valence-electron chi connectivity index (χ1n) is 10.7. The van der Waals surface area contributed by atoms with E-state index in [1.54, 1.807) is 0 Å². The number of carbonyl (C=O) groups is 1. The molecule has 0 aromatic heterocycles. The van der Waals surface area contributed by atoms with Crippen LogP contribution in [0, 0.1) is 28.6 Å². The van der Waals surface area contributed by atoms with E-state index in [1.807, 2.05) is 0 Å². The van der Waals surface area contributed by atoms with Crippen molar-refractivity contribution in [1.82, 2.24) is 0 Å². The van der Waals surface area contributed by atoms with Crippen molar-refractivity contribution in [2.45, 2.75) is 71.2 Å². The van der Waals surface area contributed by atoms with Crippen molar-refractivity contribution in [3.63, 3.8) is 0 Å². The fourth-order valence-electron chi connectivity index (χ4n) is 7.46. The third-order valence-corrected chi connectivity index (χ3v) is 8.74. The number of allylic oxidation sites excluding steroid dienone is 2. The maximum Gasteiger partial charge on any atom is 0.303 e. The van der Waals surface area contributed by atoms with E-state index >= 15 is 0 Å². The van der Waals surface area contributed by atoms with Crippen LogP contribution in [0.25, 0.3) is 0 Å². The summed E-state index contributed by atoms with van der Waals surface area (Å²) in [6.45, 7) is 7.84. The van der Waals surface area contributed by atoms with E-state index < -0.39 is 0 Å². The zero-order valence-electron chi connectivity index (χ0n) is 16.8. The molecule has 4 nitrogen and oxygen atoms in total. The molecule has 27 heavy (non-hydrogen) atoms. The SMILES string of the molecule is CC(=O)OC1C=C[C@@]2(C)C(=C1)CCC1C2CC[C@@]2(C)C1CCC21OCCO1. The summed E-state index contributed by atoms with van der Waals surface area (Å²) in [5.41, 5.74) is 1.73. The van der Waals surface area contributed by atoms with Gasteiger partial charge in [0.1, 0.15) is 6.10 Å². The van der Waals surface area contributed by atoms with Gasteiger partial charge in [-0.25, -0.2) is 0 Å². The van der Waals surface area contributed by atoms with Gasteiger partial charge in [-0.3, -0.25) is 4.79 Å². The van der Waals surface area contributed by atoms with Gasteiger partial charge in [0.05, 0.1) is 13.2 Å². The highest BCUT2D eigenvalue weighted by Crippen LogP contribution is 2.68. The molecule has 0 aromatic rings. The van der Waals surface area contributed by atoms with Gasteiger partial charge in [0, 0.05) is 24.2 Å². The van der Waals surface area contributed by atoms with E-state index in [0.29, 0.717) is 11.8 Å². The largest absolute Gasteiger partial charge is 0.454 e. The molecule has 5 aliphatic rings. The van der Waals surface area contributed by atoms with Crippen LogP contribution in [0.5, 0.6) is 0 Å². The first-order valence-corrected chi connectivity index (χ1v) is 10.7. The van der Waals surface area contributed by atoms with Gasteiger partial charge < -0.3 is 14.2 Å². The first kappa shape index (κ1) is 17.9. The highest BCUT2D eigenvalue weighted by molar-refractivity contribution is 5.66. The highest BCUT2D eigenvalue weighted by Gasteiger charge is 2.66. The Balaban J connectivity index is 1.43. The Bertz CT molecular complexity index is 703. The molecule has 4 heteroatoms. The van der Waals surface area contributed by atoms with Crippen LogP contribution in [0.15, 0.2) is 23.8 Å². The van der Waals surface area contributed by atoms with Crippen LogP contribution in [0.3, 0.4) is 0 Å². The molecule has 5 rings (SSSR count). The maximum atomic E-state index is 11.4. The van der Waals surface area contributed by atoms with Gasteiger partial charge in [-0.2, -0.15) is 0 Å².